The van der Waals surface area contributed by atoms with E-state index < -0.39 is 5.97 Å². The fourth-order valence-corrected chi connectivity index (χ4v) is 3.58. The number of nitrogen functional groups attached to an aromatic ring is 1. The predicted octanol–water partition coefficient (Wildman–Crippen LogP) is 3.20. The number of anilines is 1. The molecule has 32 heavy (non-hydrogen) atoms. The number of fused-ring (bicyclic) bond motifs is 1. The third-order valence-electron chi connectivity index (χ3n) is 5.25. The second-order valence-electron chi connectivity index (χ2n) is 7.24. The van der Waals surface area contributed by atoms with Crippen LogP contribution in [0.2, 0.25) is 0 Å². The number of benzene rings is 2. The zero-order valence-electron chi connectivity index (χ0n) is 16.8. The van der Waals surface area contributed by atoms with E-state index in [2.05, 4.69) is 10.1 Å². The molecule has 5 aromatic rings. The van der Waals surface area contributed by atoms with Gasteiger partial charge in [0, 0.05) is 28.5 Å². The van der Waals surface area contributed by atoms with E-state index in [1.807, 2.05) is 42.5 Å². The SMILES string of the molecule is [B]c1c(-c2cccc(C(=O)O)c2)nc2c(-c3ccc(-c4ccccc4)nc3)cnn2c1N. The summed E-state index contributed by atoms with van der Waals surface area (Å²) in [5.41, 5.74) is 11.5. The Morgan fingerprint density at radius 1 is 0.938 bits per heavy atom. The maximum atomic E-state index is 11.4. The summed E-state index contributed by atoms with van der Waals surface area (Å²) >= 11 is 0. The summed E-state index contributed by atoms with van der Waals surface area (Å²) in [5, 5.41) is 13.7. The summed E-state index contributed by atoms with van der Waals surface area (Å²) in [6.45, 7) is 0. The first kappa shape index (κ1) is 19.5. The molecule has 0 bridgehead atoms. The quantitative estimate of drug-likeness (QED) is 0.435. The van der Waals surface area contributed by atoms with Crippen LogP contribution in [-0.4, -0.2) is 38.5 Å². The maximum Gasteiger partial charge on any atom is 0.335 e. The molecule has 0 amide bonds. The number of hydrogen-bond donors (Lipinski definition) is 2. The zero-order valence-corrected chi connectivity index (χ0v) is 16.8. The molecule has 0 aliphatic carbocycles. The van der Waals surface area contributed by atoms with Gasteiger partial charge in [-0.1, -0.05) is 48.5 Å². The Kier molecular flexibility index (Phi) is 4.67. The normalized spacial score (nSPS) is 11.0. The Morgan fingerprint density at radius 3 is 2.44 bits per heavy atom. The maximum absolute atomic E-state index is 11.4. The van der Waals surface area contributed by atoms with Crippen molar-refractivity contribution in [2.24, 2.45) is 0 Å². The summed E-state index contributed by atoms with van der Waals surface area (Å²) in [4.78, 5) is 20.7. The number of carboxylic acid groups (broad SMARTS) is 1. The van der Waals surface area contributed by atoms with E-state index in [4.69, 9.17) is 18.6 Å². The van der Waals surface area contributed by atoms with Gasteiger partial charge in [0.25, 0.3) is 0 Å². The number of rotatable bonds is 4. The van der Waals surface area contributed by atoms with Crippen LogP contribution in [0.5, 0.6) is 0 Å². The van der Waals surface area contributed by atoms with Gasteiger partial charge < -0.3 is 10.8 Å². The first-order chi connectivity index (χ1) is 15.5. The molecular weight excluding hydrogens is 401 g/mol. The second-order valence-corrected chi connectivity index (χ2v) is 7.24. The number of carbonyl (C=O) groups is 1. The van der Waals surface area contributed by atoms with E-state index in [0.717, 1.165) is 22.4 Å². The van der Waals surface area contributed by atoms with E-state index in [1.165, 1.54) is 16.6 Å². The summed E-state index contributed by atoms with van der Waals surface area (Å²) in [5.74, 6) is -0.806. The fourth-order valence-electron chi connectivity index (χ4n) is 3.58. The van der Waals surface area contributed by atoms with Gasteiger partial charge in [0.1, 0.15) is 13.7 Å². The van der Waals surface area contributed by atoms with Crippen molar-refractivity contribution in [1.29, 1.82) is 0 Å². The van der Waals surface area contributed by atoms with Crippen molar-refractivity contribution in [1.82, 2.24) is 19.6 Å². The van der Waals surface area contributed by atoms with E-state index in [9.17, 15) is 9.90 Å². The Balaban J connectivity index is 1.63. The molecule has 0 aliphatic rings. The molecule has 3 aromatic heterocycles. The van der Waals surface area contributed by atoms with Gasteiger partial charge in [0.2, 0.25) is 0 Å². The van der Waals surface area contributed by atoms with Crippen molar-refractivity contribution in [2.45, 2.75) is 0 Å². The molecule has 0 saturated carbocycles. The van der Waals surface area contributed by atoms with Crippen molar-refractivity contribution in [2.75, 3.05) is 5.73 Å². The van der Waals surface area contributed by atoms with Gasteiger partial charge in [-0.2, -0.15) is 9.61 Å². The van der Waals surface area contributed by atoms with Crippen LogP contribution < -0.4 is 11.2 Å². The molecule has 5 rings (SSSR count). The van der Waals surface area contributed by atoms with E-state index >= 15 is 0 Å². The Morgan fingerprint density at radius 2 is 1.72 bits per heavy atom. The van der Waals surface area contributed by atoms with Gasteiger partial charge in [0.15, 0.2) is 5.65 Å². The van der Waals surface area contributed by atoms with Crippen LogP contribution in [0, 0.1) is 0 Å². The van der Waals surface area contributed by atoms with Gasteiger partial charge in [-0.15, -0.1) is 0 Å². The zero-order chi connectivity index (χ0) is 22.2. The standard InChI is InChI=1S/C24H16BN5O2/c25-20-21(15-7-4-8-16(11-15)24(31)32)29-23-18(13-28-30(23)22(20)26)17-9-10-19(27-12-17)14-5-2-1-3-6-14/h1-13H,26H2,(H,31,32). The minimum absolute atomic E-state index is 0.136. The molecule has 7 nitrogen and oxygen atoms in total. The molecule has 8 heteroatoms. The number of pyridine rings is 1. The molecule has 0 atom stereocenters. The molecule has 0 saturated heterocycles. The molecule has 0 aliphatic heterocycles. The van der Waals surface area contributed by atoms with Crippen LogP contribution in [0.25, 0.3) is 39.3 Å². The third-order valence-corrected chi connectivity index (χ3v) is 5.25. The molecule has 3 N–H and O–H groups in total. The van der Waals surface area contributed by atoms with Gasteiger partial charge in [-0.25, -0.2) is 9.78 Å². The molecular formula is C24H16BN5O2. The van der Waals surface area contributed by atoms with Crippen molar-refractivity contribution >= 4 is 30.7 Å². The lowest BCUT2D eigenvalue weighted by atomic mass is 9.90. The molecule has 0 spiro atoms. The first-order valence-electron chi connectivity index (χ1n) is 9.81. The van der Waals surface area contributed by atoms with Crippen molar-refractivity contribution in [3.63, 3.8) is 0 Å². The van der Waals surface area contributed by atoms with Crippen molar-refractivity contribution in [3.8, 4) is 33.6 Å². The highest BCUT2D eigenvalue weighted by Crippen LogP contribution is 2.28. The number of aromatic carboxylic acids is 1. The second kappa shape index (κ2) is 7.66. The number of hydrogen-bond acceptors (Lipinski definition) is 5. The summed E-state index contributed by atoms with van der Waals surface area (Å²) < 4.78 is 1.47. The Labute approximate surface area is 184 Å². The lowest BCUT2D eigenvalue weighted by Crippen LogP contribution is -2.20. The monoisotopic (exact) mass is 417 g/mol. The number of nitrogens with zero attached hydrogens (tertiary/aromatic N) is 4. The minimum Gasteiger partial charge on any atom is -0.478 e. The highest BCUT2D eigenvalue weighted by atomic mass is 16.4. The highest BCUT2D eigenvalue weighted by molar-refractivity contribution is 6.38. The number of carboxylic acids is 1. The average Bonchev–Trinajstić information content (AvgIpc) is 3.26. The van der Waals surface area contributed by atoms with Crippen LogP contribution in [0.3, 0.4) is 0 Å². The largest absolute Gasteiger partial charge is 0.478 e. The van der Waals surface area contributed by atoms with E-state index in [0.29, 0.717) is 16.9 Å². The van der Waals surface area contributed by atoms with Crippen molar-refractivity contribution < 1.29 is 9.90 Å². The topological polar surface area (TPSA) is 106 Å². The highest BCUT2D eigenvalue weighted by Gasteiger charge is 2.17. The van der Waals surface area contributed by atoms with E-state index in [1.54, 1.807) is 24.5 Å². The smallest absolute Gasteiger partial charge is 0.335 e. The molecule has 3 heterocycles. The molecule has 152 valence electrons. The lowest BCUT2D eigenvalue weighted by molar-refractivity contribution is 0.0697. The average molecular weight is 417 g/mol. The summed E-state index contributed by atoms with van der Waals surface area (Å²) in [6, 6.07) is 20.2. The Hall–Kier alpha value is -4.46. The molecule has 2 aromatic carbocycles. The van der Waals surface area contributed by atoms with Crippen LogP contribution in [-0.2, 0) is 0 Å². The summed E-state index contributed by atoms with van der Waals surface area (Å²) in [7, 11) is 6.23. The van der Waals surface area contributed by atoms with Crippen LogP contribution in [0.4, 0.5) is 5.82 Å². The van der Waals surface area contributed by atoms with Gasteiger partial charge in [-0.3, -0.25) is 4.98 Å². The van der Waals surface area contributed by atoms with Crippen molar-refractivity contribution in [3.05, 3.63) is 84.7 Å². The number of aromatic nitrogens is 4. The predicted molar refractivity (Wildman–Crippen MR) is 124 cm³/mol. The molecule has 0 unspecified atom stereocenters. The van der Waals surface area contributed by atoms with Gasteiger partial charge in [0.05, 0.1) is 23.1 Å². The van der Waals surface area contributed by atoms with Crippen LogP contribution in [0.15, 0.2) is 79.1 Å². The first-order valence-corrected chi connectivity index (χ1v) is 9.81. The van der Waals surface area contributed by atoms with Gasteiger partial charge >= 0.3 is 5.97 Å². The van der Waals surface area contributed by atoms with Crippen LogP contribution in [0.1, 0.15) is 10.4 Å². The number of nitrogens with two attached hydrogens (primary N) is 1. The third kappa shape index (κ3) is 3.28. The molecule has 2 radical (unpaired) electrons. The lowest BCUT2D eigenvalue weighted by Gasteiger charge is -2.12. The van der Waals surface area contributed by atoms with Gasteiger partial charge in [-0.05, 0) is 23.7 Å². The van der Waals surface area contributed by atoms with E-state index in [-0.39, 0.29) is 16.8 Å². The Bertz CT molecular complexity index is 1460. The summed E-state index contributed by atoms with van der Waals surface area (Å²) in [6.07, 6.45) is 3.42. The fraction of sp³-hybridized carbons (Fsp3) is 0. The van der Waals surface area contributed by atoms with Crippen LogP contribution >= 0.6 is 0 Å². The molecule has 0 fully saturated rings. The minimum atomic E-state index is -1.03.